The maximum absolute atomic E-state index is 12.9. The zero-order valence-corrected chi connectivity index (χ0v) is 24.7. The van der Waals surface area contributed by atoms with Crippen molar-refractivity contribution in [3.8, 4) is 11.5 Å². The van der Waals surface area contributed by atoms with Crippen molar-refractivity contribution in [1.82, 2.24) is 4.90 Å². The summed E-state index contributed by atoms with van der Waals surface area (Å²) < 4.78 is 12.8. The molecule has 0 atom stereocenters. The molecule has 0 aliphatic carbocycles. The maximum Gasteiger partial charge on any atom is 0.335 e. The summed E-state index contributed by atoms with van der Waals surface area (Å²) in [4.78, 5) is 30.5. The molecule has 196 valence electrons. The first-order chi connectivity index (χ1) is 18.2. The Labute approximate surface area is 247 Å². The van der Waals surface area contributed by atoms with Crippen LogP contribution in [0.1, 0.15) is 28.4 Å². The first kappa shape index (κ1) is 28.3. The van der Waals surface area contributed by atoms with Crippen LogP contribution in [0, 0.1) is 3.57 Å². The van der Waals surface area contributed by atoms with Crippen molar-refractivity contribution in [2.45, 2.75) is 13.5 Å². The Morgan fingerprint density at radius 1 is 1.11 bits per heavy atom. The smallest absolute Gasteiger partial charge is 0.335 e. The van der Waals surface area contributed by atoms with Crippen molar-refractivity contribution in [2.75, 3.05) is 13.7 Å². The molecular formula is C27H21Cl2IN2O5S. The number of likely N-dealkylation sites (N-methyl/N-ethyl adjacent to an activating group) is 1. The van der Waals surface area contributed by atoms with E-state index in [0.29, 0.717) is 43.9 Å². The molecule has 0 saturated carbocycles. The number of amides is 1. The molecule has 11 heteroatoms. The van der Waals surface area contributed by atoms with E-state index in [1.165, 1.54) is 28.8 Å². The lowest BCUT2D eigenvalue weighted by atomic mass is 10.1. The van der Waals surface area contributed by atoms with Crippen LogP contribution in [0.2, 0.25) is 10.0 Å². The number of carboxylic acid groups (broad SMARTS) is 1. The summed E-state index contributed by atoms with van der Waals surface area (Å²) in [5, 5.41) is 10.5. The maximum atomic E-state index is 12.9. The number of nitrogens with zero attached hydrogens (tertiary/aromatic N) is 2. The highest BCUT2D eigenvalue weighted by Gasteiger charge is 2.30. The fraction of sp³-hybridized carbons (Fsp3) is 0.148. The van der Waals surface area contributed by atoms with Gasteiger partial charge in [0.05, 0.1) is 36.4 Å². The van der Waals surface area contributed by atoms with Gasteiger partial charge in [0, 0.05) is 7.05 Å². The van der Waals surface area contributed by atoms with Crippen molar-refractivity contribution >= 4 is 86.4 Å². The molecule has 0 spiro atoms. The van der Waals surface area contributed by atoms with Crippen LogP contribution in [0.3, 0.4) is 0 Å². The molecule has 3 aromatic carbocycles. The normalized spacial score (nSPS) is 15.4. The summed E-state index contributed by atoms with van der Waals surface area (Å²) in [7, 11) is 1.65. The summed E-state index contributed by atoms with van der Waals surface area (Å²) in [6.07, 6.45) is 1.78. The van der Waals surface area contributed by atoms with Crippen LogP contribution in [0.4, 0.5) is 5.69 Å². The molecule has 0 aromatic heterocycles. The van der Waals surface area contributed by atoms with Crippen molar-refractivity contribution in [1.29, 1.82) is 0 Å². The number of carboxylic acids is 1. The van der Waals surface area contributed by atoms with E-state index < -0.39 is 5.97 Å². The van der Waals surface area contributed by atoms with Crippen molar-refractivity contribution in [3.63, 3.8) is 0 Å². The van der Waals surface area contributed by atoms with Gasteiger partial charge < -0.3 is 14.6 Å². The standard InChI is InChI=1S/C27H21Cl2IN2O5S/c1-3-36-22-12-16(11-21(30)24(22)37-14-15-4-9-19(28)20(29)10-15)13-23-25(33)32(2)27(38-23)31-18-7-5-17(6-8-18)26(34)35/h4-13H,3,14H2,1-2H3,(H,34,35)/b23-13-,31-27?. The van der Waals surface area contributed by atoms with E-state index in [0.717, 1.165) is 14.7 Å². The zero-order chi connectivity index (χ0) is 27.4. The Bertz CT molecular complexity index is 1460. The highest BCUT2D eigenvalue weighted by Crippen LogP contribution is 2.38. The van der Waals surface area contributed by atoms with Crippen LogP contribution < -0.4 is 9.47 Å². The van der Waals surface area contributed by atoms with E-state index >= 15 is 0 Å². The molecule has 4 rings (SSSR count). The average molecular weight is 683 g/mol. The molecule has 1 amide bonds. The first-order valence-corrected chi connectivity index (χ1v) is 13.9. The van der Waals surface area contributed by atoms with Gasteiger partial charge in [-0.05, 0) is 107 Å². The Morgan fingerprint density at radius 3 is 2.50 bits per heavy atom. The minimum absolute atomic E-state index is 0.169. The summed E-state index contributed by atoms with van der Waals surface area (Å²) in [6.45, 7) is 2.60. The number of benzene rings is 3. The van der Waals surface area contributed by atoms with Crippen molar-refractivity contribution in [3.05, 3.63) is 89.8 Å². The molecule has 1 fully saturated rings. The Morgan fingerprint density at radius 2 is 1.84 bits per heavy atom. The molecule has 1 heterocycles. The minimum Gasteiger partial charge on any atom is -0.490 e. The van der Waals surface area contributed by atoms with E-state index in [-0.39, 0.29) is 18.1 Å². The highest BCUT2D eigenvalue weighted by atomic mass is 127. The molecule has 3 aromatic rings. The van der Waals surface area contributed by atoms with E-state index in [9.17, 15) is 9.59 Å². The number of carbonyl (C=O) groups is 2. The molecule has 0 unspecified atom stereocenters. The lowest BCUT2D eigenvalue weighted by Crippen LogP contribution is -2.23. The quantitative estimate of drug-likeness (QED) is 0.196. The number of hydrogen-bond acceptors (Lipinski definition) is 6. The van der Waals surface area contributed by atoms with Crippen LogP contribution in [-0.4, -0.2) is 40.7 Å². The molecular weight excluding hydrogens is 662 g/mol. The topological polar surface area (TPSA) is 88.4 Å². The van der Waals surface area contributed by atoms with Gasteiger partial charge in [0.25, 0.3) is 5.91 Å². The van der Waals surface area contributed by atoms with E-state index in [1.807, 2.05) is 25.1 Å². The summed E-state index contributed by atoms with van der Waals surface area (Å²) >= 11 is 15.5. The van der Waals surface area contributed by atoms with Gasteiger partial charge in [-0.15, -0.1) is 0 Å². The van der Waals surface area contributed by atoms with E-state index in [2.05, 4.69) is 27.6 Å². The average Bonchev–Trinajstić information content (AvgIpc) is 3.13. The van der Waals surface area contributed by atoms with Crippen LogP contribution in [-0.2, 0) is 11.4 Å². The Hall–Kier alpha value is -2.73. The molecule has 1 aliphatic heterocycles. The van der Waals surface area contributed by atoms with E-state index in [4.69, 9.17) is 37.8 Å². The van der Waals surface area contributed by atoms with Crippen LogP contribution in [0.15, 0.2) is 64.5 Å². The monoisotopic (exact) mass is 682 g/mol. The van der Waals surface area contributed by atoms with Crippen LogP contribution in [0.25, 0.3) is 6.08 Å². The molecule has 0 radical (unpaired) electrons. The predicted octanol–water partition coefficient (Wildman–Crippen LogP) is 7.51. The van der Waals surface area contributed by atoms with Crippen LogP contribution in [0.5, 0.6) is 11.5 Å². The van der Waals surface area contributed by atoms with Gasteiger partial charge in [-0.25, -0.2) is 9.79 Å². The van der Waals surface area contributed by atoms with Gasteiger partial charge in [-0.2, -0.15) is 0 Å². The second-order valence-corrected chi connectivity index (χ2v) is 11.0. The van der Waals surface area contributed by atoms with Crippen LogP contribution >= 0.6 is 57.6 Å². The van der Waals surface area contributed by atoms with Gasteiger partial charge in [-0.3, -0.25) is 9.69 Å². The number of amidine groups is 1. The lowest BCUT2D eigenvalue weighted by Gasteiger charge is -2.15. The molecule has 1 saturated heterocycles. The van der Waals surface area contributed by atoms with Crippen molar-refractivity contribution < 1.29 is 24.2 Å². The number of carbonyl (C=O) groups excluding carboxylic acids is 1. The first-order valence-electron chi connectivity index (χ1n) is 11.3. The number of rotatable bonds is 8. The van der Waals surface area contributed by atoms with Gasteiger partial charge in [0.15, 0.2) is 16.7 Å². The molecule has 0 bridgehead atoms. The summed E-state index contributed by atoms with van der Waals surface area (Å²) in [6, 6.07) is 15.2. The molecule has 38 heavy (non-hydrogen) atoms. The fourth-order valence-electron chi connectivity index (χ4n) is 3.45. The van der Waals surface area contributed by atoms with Gasteiger partial charge in [0.2, 0.25) is 0 Å². The Balaban J connectivity index is 1.57. The third-order valence-corrected chi connectivity index (χ3v) is 7.94. The molecule has 7 nitrogen and oxygen atoms in total. The summed E-state index contributed by atoms with van der Waals surface area (Å²) in [5.41, 5.74) is 2.36. The number of halogens is 3. The lowest BCUT2D eigenvalue weighted by molar-refractivity contribution is -0.121. The molecule has 1 aliphatic rings. The zero-order valence-electron chi connectivity index (χ0n) is 20.2. The fourth-order valence-corrected chi connectivity index (χ4v) is 5.54. The third-order valence-electron chi connectivity index (χ3n) is 5.34. The number of hydrogen-bond donors (Lipinski definition) is 1. The highest BCUT2D eigenvalue weighted by molar-refractivity contribution is 14.1. The number of aromatic carboxylic acids is 1. The van der Waals surface area contributed by atoms with Crippen molar-refractivity contribution in [2.24, 2.45) is 4.99 Å². The SMILES string of the molecule is CCOc1cc(/C=C2\SC(=Nc3ccc(C(=O)O)cc3)N(C)C2=O)cc(I)c1OCc1ccc(Cl)c(Cl)c1. The molecule has 1 N–H and O–H groups in total. The second kappa shape index (κ2) is 12.4. The third kappa shape index (κ3) is 6.63. The largest absolute Gasteiger partial charge is 0.490 e. The number of aliphatic imine (C=N–C) groups is 1. The van der Waals surface area contributed by atoms with Gasteiger partial charge >= 0.3 is 5.97 Å². The second-order valence-electron chi connectivity index (χ2n) is 8.02. The van der Waals surface area contributed by atoms with E-state index in [1.54, 1.807) is 37.4 Å². The number of thioether (sulfide) groups is 1. The minimum atomic E-state index is -1.01. The number of ether oxygens (including phenoxy) is 2. The predicted molar refractivity (Wildman–Crippen MR) is 160 cm³/mol. The van der Waals surface area contributed by atoms with Gasteiger partial charge in [-0.1, -0.05) is 29.3 Å². The summed E-state index contributed by atoms with van der Waals surface area (Å²) in [5.74, 6) is -0.0506. The van der Waals surface area contributed by atoms with Gasteiger partial charge in [0.1, 0.15) is 6.61 Å². The Kier molecular flexibility index (Phi) is 9.24.